The van der Waals surface area contributed by atoms with E-state index < -0.39 is 0 Å². The molecule has 0 aliphatic heterocycles. The minimum Gasteiger partial charge on any atom is -0.359 e. The second-order valence-electron chi connectivity index (χ2n) is 11.3. The Morgan fingerprint density at radius 3 is 2.00 bits per heavy atom. The number of hydrogen-bond acceptors (Lipinski definition) is 1. The number of hydrogen-bond donors (Lipinski definition) is 1. The largest absolute Gasteiger partial charge is 0.359 e. The van der Waals surface area contributed by atoms with Crippen molar-refractivity contribution >= 4 is 5.70 Å². The Balaban J connectivity index is 0.00000121. The van der Waals surface area contributed by atoms with Crippen molar-refractivity contribution < 1.29 is 0 Å². The molecule has 1 aromatic rings. The molecule has 1 N–H and O–H groups in total. The number of aryl methyl sites for hydroxylation is 1. The van der Waals surface area contributed by atoms with Crippen LogP contribution in [0, 0.1) is 11.8 Å². The molecule has 39 heavy (non-hydrogen) atoms. The van der Waals surface area contributed by atoms with Gasteiger partial charge in [-0.2, -0.15) is 0 Å². The molecule has 0 amide bonds. The van der Waals surface area contributed by atoms with E-state index in [0.717, 1.165) is 28.4 Å². The first kappa shape index (κ1) is 37.0. The molecule has 2 rings (SSSR count). The molecule has 1 nitrogen and oxygen atoms in total. The first-order chi connectivity index (χ1) is 18.8. The Hall–Kier alpha value is -2.02. The van der Waals surface area contributed by atoms with Crippen LogP contribution in [0.5, 0.6) is 0 Å². The maximum absolute atomic E-state index is 4.23. The lowest BCUT2D eigenvalue weighted by Gasteiger charge is -2.18. The molecule has 1 heteroatoms. The molecule has 0 spiro atoms. The first-order valence-corrected chi connectivity index (χ1v) is 16.4. The van der Waals surface area contributed by atoms with Crippen LogP contribution in [0.2, 0.25) is 0 Å². The number of unbranched alkanes of at least 4 members (excludes halogenated alkanes) is 4. The molecule has 1 fully saturated rings. The Morgan fingerprint density at radius 2 is 1.49 bits per heavy atom. The predicted octanol–water partition coefficient (Wildman–Crippen LogP) is 12.6. The molecule has 1 atom stereocenters. The third kappa shape index (κ3) is 17.3. The molecule has 1 aliphatic rings. The van der Waals surface area contributed by atoms with E-state index in [-0.39, 0.29) is 0 Å². The van der Waals surface area contributed by atoms with Crippen molar-refractivity contribution in [1.82, 2.24) is 5.32 Å². The van der Waals surface area contributed by atoms with Crippen LogP contribution in [0.25, 0.3) is 5.70 Å². The maximum Gasteiger partial charge on any atom is 0.0382 e. The molecular weight excluding hydrogens is 470 g/mol. The predicted molar refractivity (Wildman–Crippen MR) is 180 cm³/mol. The quantitative estimate of drug-likeness (QED) is 0.174. The summed E-state index contributed by atoms with van der Waals surface area (Å²) in [5.41, 5.74) is 7.10. The second kappa shape index (κ2) is 23.8. The average Bonchev–Trinajstić information content (AvgIpc) is 2.95. The van der Waals surface area contributed by atoms with Crippen molar-refractivity contribution in [3.05, 3.63) is 77.5 Å². The fraction of sp³-hybridized carbons (Fsp3) is 0.632. The smallest absolute Gasteiger partial charge is 0.0382 e. The van der Waals surface area contributed by atoms with Crippen molar-refractivity contribution in [3.8, 4) is 0 Å². The molecule has 222 valence electrons. The monoisotopic (exact) mass is 536 g/mol. The average molecular weight is 536 g/mol. The van der Waals surface area contributed by atoms with Gasteiger partial charge >= 0.3 is 0 Å². The van der Waals surface area contributed by atoms with Crippen LogP contribution in [-0.2, 0) is 6.42 Å². The Labute approximate surface area is 245 Å². The van der Waals surface area contributed by atoms with Crippen molar-refractivity contribution in [2.24, 2.45) is 11.8 Å². The number of rotatable bonds is 15. The van der Waals surface area contributed by atoms with E-state index >= 15 is 0 Å². The fourth-order valence-corrected chi connectivity index (χ4v) is 5.28. The third-order valence-corrected chi connectivity index (χ3v) is 7.78. The molecule has 0 radical (unpaired) electrons. The third-order valence-electron chi connectivity index (χ3n) is 7.78. The van der Waals surface area contributed by atoms with Crippen molar-refractivity contribution in [2.45, 2.75) is 145 Å². The topological polar surface area (TPSA) is 12.0 Å². The minimum absolute atomic E-state index is 0.541. The fourth-order valence-electron chi connectivity index (χ4n) is 5.28. The van der Waals surface area contributed by atoms with Crippen molar-refractivity contribution in [1.29, 1.82) is 0 Å². The summed E-state index contributed by atoms with van der Waals surface area (Å²) in [7, 11) is 0. The summed E-state index contributed by atoms with van der Waals surface area (Å²) in [6.07, 6.45) is 23.5. The van der Waals surface area contributed by atoms with Gasteiger partial charge in [0, 0.05) is 11.4 Å². The van der Waals surface area contributed by atoms with Crippen LogP contribution >= 0.6 is 0 Å². The molecule has 1 saturated carbocycles. The van der Waals surface area contributed by atoms with E-state index in [1.165, 1.54) is 101 Å². The lowest BCUT2D eigenvalue weighted by atomic mass is 9.88. The summed E-state index contributed by atoms with van der Waals surface area (Å²) in [5.74, 6) is 1.63. The summed E-state index contributed by atoms with van der Waals surface area (Å²) < 4.78 is 0. The van der Waals surface area contributed by atoms with Gasteiger partial charge in [0.25, 0.3) is 0 Å². The standard InChI is InChI=1S/C28H43N.C8H16.C2H6/c1-8-10-11-12-13-15-26-17-19-27(20-18-26)25(7)29-24(6)16-21-28(22(3)4)23(5)14-9-2;1-2-8-6-4-3-5-7-8;1-2/h16-21,23,29H,3,7-15H2,1-2,4-6H3;8H,2-7H2,1H3;1-2H3/b24-16+,28-21-;;. The summed E-state index contributed by atoms with van der Waals surface area (Å²) in [6, 6.07) is 8.85. The highest BCUT2D eigenvalue weighted by molar-refractivity contribution is 5.63. The van der Waals surface area contributed by atoms with E-state index in [2.05, 4.69) is 96.4 Å². The van der Waals surface area contributed by atoms with Crippen LogP contribution in [0.15, 0.2) is 66.4 Å². The molecule has 1 aromatic carbocycles. The zero-order valence-electron chi connectivity index (χ0n) is 27.4. The highest BCUT2D eigenvalue weighted by Gasteiger charge is 2.10. The SMILES string of the molecule is C=C(C)/C(=C/C=C(\C)NC(=C)c1ccc(CCCCCCC)cc1)C(C)CCC.CC.CCC1CCCCC1. The van der Waals surface area contributed by atoms with Gasteiger partial charge < -0.3 is 5.32 Å². The van der Waals surface area contributed by atoms with Crippen molar-refractivity contribution in [3.63, 3.8) is 0 Å². The summed E-state index contributed by atoms with van der Waals surface area (Å²) >= 11 is 0. The van der Waals surface area contributed by atoms with Gasteiger partial charge in [0.1, 0.15) is 0 Å². The summed E-state index contributed by atoms with van der Waals surface area (Å²) in [6.45, 7) is 25.7. The van der Waals surface area contributed by atoms with Gasteiger partial charge in [-0.15, -0.1) is 0 Å². The van der Waals surface area contributed by atoms with Gasteiger partial charge in [0.2, 0.25) is 0 Å². The van der Waals surface area contributed by atoms with E-state index in [9.17, 15) is 0 Å². The molecule has 0 heterocycles. The Morgan fingerprint density at radius 1 is 0.872 bits per heavy atom. The van der Waals surface area contributed by atoms with E-state index in [1.807, 2.05) is 13.8 Å². The van der Waals surface area contributed by atoms with Crippen LogP contribution in [0.3, 0.4) is 0 Å². The van der Waals surface area contributed by atoms with Gasteiger partial charge in [-0.05, 0) is 67.7 Å². The minimum atomic E-state index is 0.541. The van der Waals surface area contributed by atoms with E-state index in [0.29, 0.717) is 5.92 Å². The molecule has 1 aliphatic carbocycles. The van der Waals surface area contributed by atoms with Crippen LogP contribution in [0.1, 0.15) is 150 Å². The maximum atomic E-state index is 4.23. The zero-order valence-corrected chi connectivity index (χ0v) is 27.4. The van der Waals surface area contributed by atoms with Gasteiger partial charge in [0.05, 0.1) is 0 Å². The molecule has 0 aromatic heterocycles. The van der Waals surface area contributed by atoms with Gasteiger partial charge in [0.15, 0.2) is 0 Å². The van der Waals surface area contributed by atoms with Crippen molar-refractivity contribution in [2.75, 3.05) is 0 Å². The first-order valence-electron chi connectivity index (χ1n) is 16.4. The molecule has 0 bridgehead atoms. The highest BCUT2D eigenvalue weighted by Crippen LogP contribution is 2.25. The highest BCUT2D eigenvalue weighted by atomic mass is 14.9. The number of benzene rings is 1. The van der Waals surface area contributed by atoms with E-state index in [4.69, 9.17) is 0 Å². The van der Waals surface area contributed by atoms with Crippen LogP contribution in [-0.4, -0.2) is 0 Å². The summed E-state index contributed by atoms with van der Waals surface area (Å²) in [4.78, 5) is 0. The van der Waals surface area contributed by atoms with Crippen LogP contribution < -0.4 is 5.32 Å². The van der Waals surface area contributed by atoms with Gasteiger partial charge in [-0.1, -0.05) is 161 Å². The number of nitrogens with one attached hydrogen (secondary N) is 1. The lowest BCUT2D eigenvalue weighted by Crippen LogP contribution is -2.08. The Bertz CT molecular complexity index is 817. The molecular formula is C38H65N. The number of allylic oxidation sites excluding steroid dienone is 5. The van der Waals surface area contributed by atoms with Crippen LogP contribution in [0.4, 0.5) is 0 Å². The Kier molecular flexibility index (Phi) is 22.6. The molecule has 1 unspecified atom stereocenters. The summed E-state index contributed by atoms with van der Waals surface area (Å²) in [5, 5.41) is 3.44. The van der Waals surface area contributed by atoms with Gasteiger partial charge in [-0.3, -0.25) is 0 Å². The van der Waals surface area contributed by atoms with Gasteiger partial charge in [-0.25, -0.2) is 0 Å². The molecule has 0 saturated heterocycles. The van der Waals surface area contributed by atoms with E-state index in [1.54, 1.807) is 0 Å². The lowest BCUT2D eigenvalue weighted by molar-refractivity contribution is 0.349. The zero-order chi connectivity index (χ0) is 29.5. The normalized spacial score (nSPS) is 14.9. The second-order valence-corrected chi connectivity index (χ2v) is 11.3.